The van der Waals surface area contributed by atoms with Crippen molar-refractivity contribution < 1.29 is 13.2 Å². The fraction of sp³-hybridized carbons (Fsp3) is 0.200. The Morgan fingerprint density at radius 2 is 1.82 bits per heavy atom. The van der Waals surface area contributed by atoms with Gasteiger partial charge in [0.25, 0.3) is 0 Å². The molecular weight excluding hydrogens is 159 g/mol. The Labute approximate surface area is 60.0 Å². The zero-order chi connectivity index (χ0) is 8.48. The molecule has 0 aromatic carbocycles. The van der Waals surface area contributed by atoms with Gasteiger partial charge in [-0.05, 0) is 12.1 Å². The van der Waals surface area contributed by atoms with E-state index in [1.54, 1.807) is 0 Å². The van der Waals surface area contributed by atoms with E-state index in [1.807, 2.05) is 0 Å². The average molecular weight is 162 g/mol. The fourth-order valence-electron chi connectivity index (χ4n) is 0.483. The third kappa shape index (κ3) is 1.79. The molecule has 0 amide bonds. The largest absolute Gasteiger partial charge is 0.435 e. The van der Waals surface area contributed by atoms with Gasteiger partial charge in [0.1, 0.15) is 0 Å². The number of hydrogen-bond acceptors (Lipinski definition) is 2. The van der Waals surface area contributed by atoms with Crippen LogP contribution >= 0.6 is 0 Å². The Hall–Kier alpha value is -1.33. The SMILES string of the molecule is [NH]c1ccc(C(F)(F)F)nn1. The molecule has 11 heavy (non-hydrogen) atoms. The minimum absolute atomic E-state index is 0.280. The van der Waals surface area contributed by atoms with Crippen molar-refractivity contribution in [3.05, 3.63) is 17.8 Å². The Kier molecular flexibility index (Phi) is 1.67. The molecule has 0 saturated heterocycles. The minimum Gasteiger partial charge on any atom is -0.281 e. The van der Waals surface area contributed by atoms with E-state index >= 15 is 0 Å². The first-order valence-corrected chi connectivity index (χ1v) is 2.62. The number of halogens is 3. The predicted octanol–water partition coefficient (Wildman–Crippen LogP) is 1.41. The monoisotopic (exact) mass is 162 g/mol. The summed E-state index contributed by atoms with van der Waals surface area (Å²) in [7, 11) is 0. The van der Waals surface area contributed by atoms with Crippen LogP contribution in [0.25, 0.3) is 0 Å². The number of rotatable bonds is 0. The van der Waals surface area contributed by atoms with E-state index in [9.17, 15) is 13.2 Å². The Morgan fingerprint density at radius 3 is 2.18 bits per heavy atom. The third-order valence-corrected chi connectivity index (χ3v) is 0.955. The molecule has 0 aliphatic heterocycles. The second kappa shape index (κ2) is 2.37. The molecule has 0 atom stereocenters. The Morgan fingerprint density at radius 1 is 1.18 bits per heavy atom. The van der Waals surface area contributed by atoms with Crippen LogP contribution < -0.4 is 5.73 Å². The van der Waals surface area contributed by atoms with E-state index in [0.29, 0.717) is 0 Å². The molecule has 3 nitrogen and oxygen atoms in total. The minimum atomic E-state index is -4.47. The van der Waals surface area contributed by atoms with Crippen molar-refractivity contribution in [1.29, 1.82) is 0 Å². The van der Waals surface area contributed by atoms with E-state index in [-0.39, 0.29) is 5.82 Å². The normalized spacial score (nSPS) is 11.5. The molecule has 1 rings (SSSR count). The molecule has 0 saturated carbocycles. The standard InChI is InChI=1S/C5H3F3N3/c6-5(7,8)3-1-2-4(9)11-10-3/h1-2,9H. The predicted molar refractivity (Wildman–Crippen MR) is 29.8 cm³/mol. The Bertz CT molecular complexity index is 240. The van der Waals surface area contributed by atoms with E-state index in [0.717, 1.165) is 12.1 Å². The molecule has 1 heterocycles. The topological polar surface area (TPSA) is 49.6 Å². The van der Waals surface area contributed by atoms with Crippen LogP contribution in [0.1, 0.15) is 5.69 Å². The fourth-order valence-corrected chi connectivity index (χ4v) is 0.483. The molecule has 0 aliphatic carbocycles. The lowest BCUT2D eigenvalue weighted by Crippen LogP contribution is -2.08. The van der Waals surface area contributed by atoms with E-state index in [4.69, 9.17) is 5.73 Å². The molecule has 0 fully saturated rings. The summed E-state index contributed by atoms with van der Waals surface area (Å²) in [6.07, 6.45) is -4.47. The summed E-state index contributed by atoms with van der Waals surface area (Å²) in [6.45, 7) is 0. The molecule has 1 radical (unpaired) electrons. The number of aromatic nitrogens is 2. The summed E-state index contributed by atoms with van der Waals surface area (Å²) in [6, 6.07) is 1.66. The highest BCUT2D eigenvalue weighted by Crippen LogP contribution is 2.26. The van der Waals surface area contributed by atoms with Crippen LogP contribution in [0.5, 0.6) is 0 Å². The number of hydrogen-bond donors (Lipinski definition) is 0. The first-order chi connectivity index (χ1) is 5.00. The van der Waals surface area contributed by atoms with Crippen LogP contribution in [0.3, 0.4) is 0 Å². The smallest absolute Gasteiger partial charge is 0.281 e. The van der Waals surface area contributed by atoms with Crippen molar-refractivity contribution in [1.82, 2.24) is 15.9 Å². The summed E-state index contributed by atoms with van der Waals surface area (Å²) in [5, 5.41) is 5.73. The molecule has 0 bridgehead atoms. The lowest BCUT2D eigenvalue weighted by atomic mass is 10.4. The van der Waals surface area contributed by atoms with Crippen molar-refractivity contribution in [3.63, 3.8) is 0 Å². The highest BCUT2D eigenvalue weighted by molar-refractivity contribution is 5.22. The maximum Gasteiger partial charge on any atom is 0.435 e. The zero-order valence-electron chi connectivity index (χ0n) is 5.18. The van der Waals surface area contributed by atoms with Gasteiger partial charge in [0.2, 0.25) is 0 Å². The van der Waals surface area contributed by atoms with Crippen molar-refractivity contribution in [2.24, 2.45) is 0 Å². The van der Waals surface area contributed by atoms with Gasteiger partial charge >= 0.3 is 6.18 Å². The summed E-state index contributed by atoms with van der Waals surface area (Å²) >= 11 is 0. The number of alkyl halides is 3. The van der Waals surface area contributed by atoms with Gasteiger partial charge in [-0.2, -0.15) is 13.2 Å². The summed E-state index contributed by atoms with van der Waals surface area (Å²) in [5.41, 5.74) is 5.68. The molecule has 1 aromatic heterocycles. The highest BCUT2D eigenvalue weighted by Gasteiger charge is 2.32. The van der Waals surface area contributed by atoms with Crippen LogP contribution in [-0.4, -0.2) is 10.2 Å². The lowest BCUT2D eigenvalue weighted by Gasteiger charge is -2.02. The maximum absolute atomic E-state index is 11.8. The summed E-state index contributed by atoms with van der Waals surface area (Å²) < 4.78 is 35.3. The molecular formula is C5H3F3N3. The van der Waals surface area contributed by atoms with Crippen molar-refractivity contribution in [3.8, 4) is 0 Å². The molecule has 1 N–H and O–H groups in total. The van der Waals surface area contributed by atoms with Crippen LogP contribution in [0.15, 0.2) is 12.1 Å². The quantitative estimate of drug-likeness (QED) is 0.579. The van der Waals surface area contributed by atoms with Gasteiger partial charge in [0.05, 0.1) is 0 Å². The van der Waals surface area contributed by atoms with Gasteiger partial charge in [0, 0.05) is 0 Å². The van der Waals surface area contributed by atoms with Crippen LogP contribution in [0.4, 0.5) is 19.0 Å². The zero-order valence-corrected chi connectivity index (χ0v) is 5.18. The van der Waals surface area contributed by atoms with E-state index < -0.39 is 11.9 Å². The van der Waals surface area contributed by atoms with E-state index in [1.165, 1.54) is 0 Å². The van der Waals surface area contributed by atoms with Gasteiger partial charge < -0.3 is 0 Å². The maximum atomic E-state index is 11.8. The van der Waals surface area contributed by atoms with Gasteiger partial charge in [-0.1, -0.05) is 0 Å². The highest BCUT2D eigenvalue weighted by atomic mass is 19.4. The number of nitrogens with zero attached hydrogens (tertiary/aromatic N) is 2. The lowest BCUT2D eigenvalue weighted by molar-refractivity contribution is -0.141. The van der Waals surface area contributed by atoms with E-state index in [2.05, 4.69) is 10.2 Å². The Balaban J connectivity index is 2.99. The van der Waals surface area contributed by atoms with Crippen LogP contribution in [-0.2, 0) is 6.18 Å². The molecule has 0 aliphatic rings. The molecule has 1 aromatic rings. The number of nitrogens with one attached hydrogen (secondary N) is 1. The van der Waals surface area contributed by atoms with Crippen LogP contribution in [0.2, 0.25) is 0 Å². The summed E-state index contributed by atoms with van der Waals surface area (Å²) in [5.74, 6) is -0.280. The summed E-state index contributed by atoms with van der Waals surface area (Å²) in [4.78, 5) is 0. The van der Waals surface area contributed by atoms with Crippen molar-refractivity contribution in [2.45, 2.75) is 6.18 Å². The first kappa shape index (κ1) is 7.77. The van der Waals surface area contributed by atoms with Gasteiger partial charge in [0.15, 0.2) is 11.5 Å². The molecule has 6 heteroatoms. The second-order valence-electron chi connectivity index (χ2n) is 1.80. The first-order valence-electron chi connectivity index (χ1n) is 2.62. The van der Waals surface area contributed by atoms with Gasteiger partial charge in [-0.3, -0.25) is 5.73 Å². The molecule has 0 spiro atoms. The second-order valence-corrected chi connectivity index (χ2v) is 1.80. The average Bonchev–Trinajstić information content (AvgIpc) is 1.86. The van der Waals surface area contributed by atoms with Gasteiger partial charge in [-0.25, -0.2) is 0 Å². The molecule has 0 unspecified atom stereocenters. The third-order valence-electron chi connectivity index (χ3n) is 0.955. The molecule has 59 valence electrons. The van der Waals surface area contributed by atoms with Crippen LogP contribution in [0, 0.1) is 0 Å². The van der Waals surface area contributed by atoms with Crippen molar-refractivity contribution >= 4 is 5.82 Å². The van der Waals surface area contributed by atoms with Gasteiger partial charge in [-0.15, -0.1) is 10.2 Å². The van der Waals surface area contributed by atoms with Crippen molar-refractivity contribution in [2.75, 3.05) is 0 Å².